The van der Waals surface area contributed by atoms with Gasteiger partial charge in [0.05, 0.1) is 0 Å². The molecule has 20 heavy (non-hydrogen) atoms. The monoisotopic (exact) mass is 338 g/mol. The summed E-state index contributed by atoms with van der Waals surface area (Å²) >= 11 is 3.47. The van der Waals surface area contributed by atoms with Crippen molar-refractivity contribution in [2.45, 2.75) is 45.6 Å². The summed E-state index contributed by atoms with van der Waals surface area (Å²) in [7, 11) is 0. The minimum absolute atomic E-state index is 0.0587. The number of hydrogen-bond donors (Lipinski definition) is 2. The Balaban J connectivity index is 1.99. The van der Waals surface area contributed by atoms with E-state index in [0.717, 1.165) is 28.7 Å². The minimum Gasteiger partial charge on any atom is -0.324 e. The molecule has 0 radical (unpaired) electrons. The summed E-state index contributed by atoms with van der Waals surface area (Å²) in [5.41, 5.74) is 1.98. The number of nitrogens with one attached hydrogen (secondary N) is 2. The second-order valence-corrected chi connectivity index (χ2v) is 6.39. The zero-order chi connectivity index (χ0) is 14.5. The van der Waals surface area contributed by atoms with Crippen molar-refractivity contribution in [1.82, 2.24) is 5.32 Å². The Labute approximate surface area is 129 Å². The number of carbonyl (C=O) groups is 1. The van der Waals surface area contributed by atoms with Crippen LogP contribution in [-0.2, 0) is 4.79 Å². The molecule has 0 saturated carbocycles. The van der Waals surface area contributed by atoms with Crippen LogP contribution in [0.4, 0.5) is 5.69 Å². The Bertz CT molecular complexity index is 476. The van der Waals surface area contributed by atoms with E-state index in [-0.39, 0.29) is 11.9 Å². The molecule has 1 amide bonds. The van der Waals surface area contributed by atoms with Crippen molar-refractivity contribution in [3.63, 3.8) is 0 Å². The molecular formula is C16H23BrN2O. The molecule has 0 fully saturated rings. The van der Waals surface area contributed by atoms with Crippen molar-refractivity contribution < 1.29 is 4.79 Å². The lowest BCUT2D eigenvalue weighted by atomic mass is 9.98. The van der Waals surface area contributed by atoms with Gasteiger partial charge in [-0.3, -0.25) is 4.79 Å². The number of anilines is 1. The van der Waals surface area contributed by atoms with Crippen molar-refractivity contribution in [2.24, 2.45) is 5.92 Å². The molecule has 0 spiro atoms. The van der Waals surface area contributed by atoms with Crippen LogP contribution in [0.3, 0.4) is 0 Å². The third kappa shape index (κ3) is 3.61. The smallest absolute Gasteiger partial charge is 0.246 e. The molecule has 2 atom stereocenters. The lowest BCUT2D eigenvalue weighted by molar-refractivity contribution is -0.117. The van der Waals surface area contributed by atoms with E-state index in [0.29, 0.717) is 5.92 Å². The Morgan fingerprint density at radius 1 is 1.40 bits per heavy atom. The molecule has 1 aromatic carbocycles. The van der Waals surface area contributed by atoms with Gasteiger partial charge < -0.3 is 10.6 Å². The highest BCUT2D eigenvalue weighted by molar-refractivity contribution is 9.10. The quantitative estimate of drug-likeness (QED) is 0.780. The molecule has 1 aliphatic heterocycles. The molecule has 0 aliphatic carbocycles. The van der Waals surface area contributed by atoms with Crippen LogP contribution in [0, 0.1) is 5.92 Å². The lowest BCUT2D eigenvalue weighted by Gasteiger charge is -2.18. The maximum Gasteiger partial charge on any atom is 0.246 e. The van der Waals surface area contributed by atoms with Crippen molar-refractivity contribution in [2.75, 3.05) is 11.9 Å². The van der Waals surface area contributed by atoms with Crippen molar-refractivity contribution in [3.8, 4) is 0 Å². The predicted molar refractivity (Wildman–Crippen MR) is 86.8 cm³/mol. The van der Waals surface area contributed by atoms with Crippen LogP contribution >= 0.6 is 15.9 Å². The third-order valence-corrected chi connectivity index (χ3v) is 4.49. The largest absolute Gasteiger partial charge is 0.324 e. The SMILES string of the molecule is CCCCC(CC)CNC1C(=O)Nc2ccc(Br)cc21. The number of unbranched alkanes of at least 4 members (excludes halogenated alkanes) is 1. The summed E-state index contributed by atoms with van der Waals surface area (Å²) in [5, 5.41) is 6.38. The number of hydrogen-bond acceptors (Lipinski definition) is 2. The fraction of sp³-hybridized carbons (Fsp3) is 0.562. The first-order valence-electron chi connectivity index (χ1n) is 7.49. The van der Waals surface area contributed by atoms with E-state index in [2.05, 4.69) is 40.4 Å². The van der Waals surface area contributed by atoms with E-state index in [1.165, 1.54) is 19.3 Å². The summed E-state index contributed by atoms with van der Waals surface area (Å²) in [6, 6.07) is 5.72. The third-order valence-electron chi connectivity index (χ3n) is 4.00. The van der Waals surface area contributed by atoms with Crippen LogP contribution in [0.5, 0.6) is 0 Å². The molecular weight excluding hydrogens is 316 g/mol. The lowest BCUT2D eigenvalue weighted by Crippen LogP contribution is -2.31. The van der Waals surface area contributed by atoms with E-state index >= 15 is 0 Å². The van der Waals surface area contributed by atoms with Crippen LogP contribution in [0.1, 0.15) is 51.1 Å². The molecule has 0 bridgehead atoms. The highest BCUT2D eigenvalue weighted by atomic mass is 79.9. The Hall–Kier alpha value is -0.870. The van der Waals surface area contributed by atoms with Gasteiger partial charge in [0, 0.05) is 15.7 Å². The molecule has 0 saturated heterocycles. The van der Waals surface area contributed by atoms with Gasteiger partial charge in [0.25, 0.3) is 0 Å². The van der Waals surface area contributed by atoms with Gasteiger partial charge in [-0.15, -0.1) is 0 Å². The van der Waals surface area contributed by atoms with Gasteiger partial charge in [0.1, 0.15) is 6.04 Å². The first-order chi connectivity index (χ1) is 9.65. The van der Waals surface area contributed by atoms with Crippen LogP contribution in [0.15, 0.2) is 22.7 Å². The number of fused-ring (bicyclic) bond motifs is 1. The molecule has 3 nitrogen and oxygen atoms in total. The number of amides is 1. The van der Waals surface area contributed by atoms with E-state index in [1.54, 1.807) is 0 Å². The van der Waals surface area contributed by atoms with Gasteiger partial charge in [-0.1, -0.05) is 49.0 Å². The first-order valence-corrected chi connectivity index (χ1v) is 8.28. The molecule has 110 valence electrons. The average molecular weight is 339 g/mol. The normalized spacial score (nSPS) is 18.8. The zero-order valence-electron chi connectivity index (χ0n) is 12.2. The Morgan fingerprint density at radius 2 is 2.20 bits per heavy atom. The fourth-order valence-electron chi connectivity index (χ4n) is 2.66. The fourth-order valence-corrected chi connectivity index (χ4v) is 3.04. The molecule has 1 aliphatic rings. The predicted octanol–water partition coefficient (Wildman–Crippen LogP) is 4.25. The molecule has 2 unspecified atom stereocenters. The van der Waals surface area contributed by atoms with Crippen LogP contribution in [0.25, 0.3) is 0 Å². The minimum atomic E-state index is -0.210. The summed E-state index contributed by atoms with van der Waals surface area (Å²) in [4.78, 5) is 12.1. The number of rotatable bonds is 7. The Morgan fingerprint density at radius 3 is 2.90 bits per heavy atom. The molecule has 2 rings (SSSR count). The molecule has 1 aromatic rings. The van der Waals surface area contributed by atoms with E-state index < -0.39 is 0 Å². The maximum absolute atomic E-state index is 12.1. The summed E-state index contributed by atoms with van der Waals surface area (Å²) in [6.45, 7) is 5.35. The second-order valence-electron chi connectivity index (χ2n) is 5.48. The van der Waals surface area contributed by atoms with Crippen LogP contribution in [0.2, 0.25) is 0 Å². The highest BCUT2D eigenvalue weighted by Gasteiger charge is 2.30. The summed E-state index contributed by atoms with van der Waals surface area (Å²) in [6.07, 6.45) is 4.89. The van der Waals surface area contributed by atoms with E-state index in [1.807, 2.05) is 18.2 Å². The van der Waals surface area contributed by atoms with Crippen molar-refractivity contribution in [3.05, 3.63) is 28.2 Å². The standard InChI is InChI=1S/C16H23BrN2O/c1-3-5-6-11(4-2)10-18-15-13-9-12(17)7-8-14(13)19-16(15)20/h7-9,11,15,18H,3-6,10H2,1-2H3,(H,19,20). The first kappa shape index (κ1) is 15.5. The molecule has 0 aromatic heterocycles. The van der Waals surface area contributed by atoms with Gasteiger partial charge in [-0.2, -0.15) is 0 Å². The van der Waals surface area contributed by atoms with Gasteiger partial charge in [-0.05, 0) is 37.1 Å². The van der Waals surface area contributed by atoms with E-state index in [4.69, 9.17) is 0 Å². The molecule has 2 N–H and O–H groups in total. The second kappa shape index (κ2) is 7.23. The number of carbonyl (C=O) groups excluding carboxylic acids is 1. The average Bonchev–Trinajstić information content (AvgIpc) is 2.74. The Kier molecular flexibility index (Phi) is 5.61. The maximum atomic E-state index is 12.1. The number of halogens is 1. The van der Waals surface area contributed by atoms with Crippen molar-refractivity contribution >= 4 is 27.5 Å². The topological polar surface area (TPSA) is 41.1 Å². The zero-order valence-corrected chi connectivity index (χ0v) is 13.8. The van der Waals surface area contributed by atoms with Gasteiger partial charge in [0.15, 0.2) is 0 Å². The van der Waals surface area contributed by atoms with Gasteiger partial charge in [0.2, 0.25) is 5.91 Å². The molecule has 1 heterocycles. The van der Waals surface area contributed by atoms with Crippen molar-refractivity contribution in [1.29, 1.82) is 0 Å². The highest BCUT2D eigenvalue weighted by Crippen LogP contribution is 2.33. The van der Waals surface area contributed by atoms with Gasteiger partial charge in [-0.25, -0.2) is 0 Å². The van der Waals surface area contributed by atoms with Crippen LogP contribution in [-0.4, -0.2) is 12.5 Å². The number of benzene rings is 1. The summed E-state index contributed by atoms with van der Waals surface area (Å²) < 4.78 is 1.01. The van der Waals surface area contributed by atoms with Gasteiger partial charge >= 0.3 is 0 Å². The van der Waals surface area contributed by atoms with Crippen LogP contribution < -0.4 is 10.6 Å². The van der Waals surface area contributed by atoms with E-state index in [9.17, 15) is 4.79 Å². The summed E-state index contributed by atoms with van der Waals surface area (Å²) in [5.74, 6) is 0.711. The molecule has 4 heteroatoms.